The Hall–Kier alpha value is -1.88. The number of rotatable bonds is 5. The summed E-state index contributed by atoms with van der Waals surface area (Å²) in [7, 11) is 0. The van der Waals surface area contributed by atoms with Crippen LogP contribution in [-0.4, -0.2) is 31.6 Å². The summed E-state index contributed by atoms with van der Waals surface area (Å²) >= 11 is 0. The van der Waals surface area contributed by atoms with Crippen LogP contribution in [0.1, 0.15) is 22.8 Å². The molecule has 1 aliphatic heterocycles. The highest BCUT2D eigenvalue weighted by atomic mass is 16.5. The summed E-state index contributed by atoms with van der Waals surface area (Å²) < 4.78 is 5.14. The highest BCUT2D eigenvalue weighted by Crippen LogP contribution is 2.23. The van der Waals surface area contributed by atoms with Crippen LogP contribution in [0.25, 0.3) is 0 Å². The van der Waals surface area contributed by atoms with Crippen LogP contribution in [0.2, 0.25) is 0 Å². The van der Waals surface area contributed by atoms with Gasteiger partial charge >= 0.3 is 0 Å². The molecule has 1 heterocycles. The largest absolute Gasteiger partial charge is 0.380 e. The van der Waals surface area contributed by atoms with Crippen molar-refractivity contribution in [3.8, 4) is 0 Å². The van der Waals surface area contributed by atoms with E-state index < -0.39 is 0 Å². The molecule has 96 valence electrons. The average Bonchev–Trinajstić information content (AvgIpc) is 2.73. The zero-order valence-corrected chi connectivity index (χ0v) is 10.3. The van der Waals surface area contributed by atoms with E-state index in [0.717, 1.165) is 11.3 Å². The van der Waals surface area contributed by atoms with Gasteiger partial charge in [0, 0.05) is 24.4 Å². The van der Waals surface area contributed by atoms with E-state index in [1.807, 2.05) is 13.0 Å². The normalized spacial score (nSPS) is 13.1. The van der Waals surface area contributed by atoms with Crippen molar-refractivity contribution in [3.05, 3.63) is 29.3 Å². The molecule has 0 bridgehead atoms. The van der Waals surface area contributed by atoms with Gasteiger partial charge in [0.15, 0.2) is 0 Å². The number of anilines is 1. The third-order valence-electron chi connectivity index (χ3n) is 2.73. The van der Waals surface area contributed by atoms with Gasteiger partial charge in [-0.15, -0.1) is 0 Å². The van der Waals surface area contributed by atoms with Gasteiger partial charge in [0.05, 0.1) is 13.0 Å². The summed E-state index contributed by atoms with van der Waals surface area (Å²) in [6.45, 7) is 3.53. The fourth-order valence-electron chi connectivity index (χ4n) is 1.84. The second-order valence-corrected chi connectivity index (χ2v) is 4.05. The van der Waals surface area contributed by atoms with E-state index in [4.69, 9.17) is 4.74 Å². The van der Waals surface area contributed by atoms with Crippen molar-refractivity contribution in [1.82, 2.24) is 5.32 Å². The van der Waals surface area contributed by atoms with Gasteiger partial charge < -0.3 is 15.4 Å². The highest BCUT2D eigenvalue weighted by molar-refractivity contribution is 6.02. The van der Waals surface area contributed by atoms with Gasteiger partial charge in [-0.2, -0.15) is 0 Å². The Morgan fingerprint density at radius 2 is 2.33 bits per heavy atom. The van der Waals surface area contributed by atoms with Crippen molar-refractivity contribution >= 4 is 17.5 Å². The molecule has 0 radical (unpaired) electrons. The van der Waals surface area contributed by atoms with E-state index in [0.29, 0.717) is 31.7 Å². The molecule has 2 rings (SSSR count). The lowest BCUT2D eigenvalue weighted by Crippen LogP contribution is -2.27. The van der Waals surface area contributed by atoms with Gasteiger partial charge in [0.2, 0.25) is 5.91 Å². The number of hydrogen-bond acceptors (Lipinski definition) is 3. The Kier molecular flexibility index (Phi) is 3.94. The molecule has 2 amide bonds. The first-order valence-corrected chi connectivity index (χ1v) is 5.99. The molecular weight excluding hydrogens is 232 g/mol. The lowest BCUT2D eigenvalue weighted by atomic mass is 10.1. The summed E-state index contributed by atoms with van der Waals surface area (Å²) in [6, 6.07) is 5.25. The maximum absolute atomic E-state index is 11.8. The lowest BCUT2D eigenvalue weighted by molar-refractivity contribution is -0.115. The number of amides is 2. The first kappa shape index (κ1) is 12.6. The van der Waals surface area contributed by atoms with Crippen molar-refractivity contribution in [2.75, 3.05) is 25.1 Å². The molecule has 0 unspecified atom stereocenters. The van der Waals surface area contributed by atoms with Gasteiger partial charge in [0.25, 0.3) is 5.91 Å². The fraction of sp³-hybridized carbons (Fsp3) is 0.385. The van der Waals surface area contributed by atoms with E-state index in [2.05, 4.69) is 10.6 Å². The van der Waals surface area contributed by atoms with Crippen LogP contribution in [0.3, 0.4) is 0 Å². The summed E-state index contributed by atoms with van der Waals surface area (Å²) in [6.07, 6.45) is 0.390. The first-order valence-electron chi connectivity index (χ1n) is 5.99. The smallest absolute Gasteiger partial charge is 0.251 e. The predicted octanol–water partition coefficient (Wildman–Crippen LogP) is 0.947. The maximum atomic E-state index is 11.8. The van der Waals surface area contributed by atoms with Crippen LogP contribution >= 0.6 is 0 Å². The Balaban J connectivity index is 1.95. The van der Waals surface area contributed by atoms with Gasteiger partial charge in [0.1, 0.15) is 0 Å². The van der Waals surface area contributed by atoms with Crippen LogP contribution in [-0.2, 0) is 16.0 Å². The van der Waals surface area contributed by atoms with Crippen LogP contribution < -0.4 is 10.6 Å². The van der Waals surface area contributed by atoms with Crippen LogP contribution in [0, 0.1) is 0 Å². The molecule has 0 fully saturated rings. The summed E-state index contributed by atoms with van der Waals surface area (Å²) in [5.41, 5.74) is 2.22. The quantitative estimate of drug-likeness (QED) is 0.762. The number of carbonyl (C=O) groups is 2. The zero-order valence-electron chi connectivity index (χ0n) is 10.3. The summed E-state index contributed by atoms with van der Waals surface area (Å²) in [5.74, 6) is -0.183. The molecule has 0 atom stereocenters. The number of carbonyl (C=O) groups excluding carboxylic acids is 2. The van der Waals surface area contributed by atoms with Crippen LogP contribution in [0.5, 0.6) is 0 Å². The van der Waals surface area contributed by atoms with Crippen molar-refractivity contribution in [3.63, 3.8) is 0 Å². The molecule has 2 N–H and O–H groups in total. The third kappa shape index (κ3) is 2.87. The van der Waals surface area contributed by atoms with Gasteiger partial charge in [-0.3, -0.25) is 9.59 Å². The topological polar surface area (TPSA) is 67.4 Å². The first-order chi connectivity index (χ1) is 8.70. The molecule has 0 spiro atoms. The molecule has 1 aromatic carbocycles. The molecule has 0 aliphatic carbocycles. The molecule has 0 aromatic heterocycles. The van der Waals surface area contributed by atoms with Gasteiger partial charge in [-0.1, -0.05) is 6.07 Å². The maximum Gasteiger partial charge on any atom is 0.251 e. The minimum Gasteiger partial charge on any atom is -0.380 e. The monoisotopic (exact) mass is 248 g/mol. The molecule has 18 heavy (non-hydrogen) atoms. The van der Waals surface area contributed by atoms with Gasteiger partial charge in [-0.05, 0) is 24.6 Å². The summed E-state index contributed by atoms with van der Waals surface area (Å²) in [4.78, 5) is 23.0. The Labute approximate surface area is 106 Å². The molecule has 5 heteroatoms. The van der Waals surface area contributed by atoms with E-state index in [-0.39, 0.29) is 11.8 Å². The average molecular weight is 248 g/mol. The zero-order chi connectivity index (χ0) is 13.0. The van der Waals surface area contributed by atoms with Crippen molar-refractivity contribution in [2.24, 2.45) is 0 Å². The number of hydrogen-bond donors (Lipinski definition) is 2. The standard InChI is InChI=1S/C13H16N2O3/c1-2-18-6-5-14-13(17)10-4-3-9-8-12(16)15-11(9)7-10/h3-4,7H,2,5-6,8H2,1H3,(H,14,17)(H,15,16). The second-order valence-electron chi connectivity index (χ2n) is 4.05. The van der Waals surface area contributed by atoms with Crippen LogP contribution in [0.4, 0.5) is 5.69 Å². The van der Waals surface area contributed by atoms with E-state index >= 15 is 0 Å². The molecule has 0 saturated carbocycles. The number of benzene rings is 1. The minimum absolute atomic E-state index is 0.0288. The Morgan fingerprint density at radius 3 is 3.11 bits per heavy atom. The lowest BCUT2D eigenvalue weighted by Gasteiger charge is -2.06. The summed E-state index contributed by atoms with van der Waals surface area (Å²) in [5, 5.41) is 5.48. The van der Waals surface area contributed by atoms with Crippen molar-refractivity contribution in [2.45, 2.75) is 13.3 Å². The van der Waals surface area contributed by atoms with E-state index in [1.165, 1.54) is 0 Å². The third-order valence-corrected chi connectivity index (χ3v) is 2.73. The Morgan fingerprint density at radius 1 is 1.50 bits per heavy atom. The highest BCUT2D eigenvalue weighted by Gasteiger charge is 2.18. The van der Waals surface area contributed by atoms with Crippen LogP contribution in [0.15, 0.2) is 18.2 Å². The molecule has 1 aromatic rings. The van der Waals surface area contributed by atoms with E-state index in [9.17, 15) is 9.59 Å². The SMILES string of the molecule is CCOCCNC(=O)c1ccc2c(c1)NC(=O)C2. The molecular formula is C13H16N2O3. The predicted molar refractivity (Wildman–Crippen MR) is 67.6 cm³/mol. The number of nitrogens with one attached hydrogen (secondary N) is 2. The van der Waals surface area contributed by atoms with E-state index in [1.54, 1.807) is 12.1 Å². The van der Waals surface area contributed by atoms with Crippen molar-refractivity contribution < 1.29 is 14.3 Å². The van der Waals surface area contributed by atoms with Gasteiger partial charge in [-0.25, -0.2) is 0 Å². The Bertz CT molecular complexity index is 471. The molecule has 0 saturated heterocycles. The molecule has 5 nitrogen and oxygen atoms in total. The molecule has 1 aliphatic rings. The second kappa shape index (κ2) is 5.64. The number of fused-ring (bicyclic) bond motifs is 1. The fourth-order valence-corrected chi connectivity index (χ4v) is 1.84. The number of ether oxygens (including phenoxy) is 1. The minimum atomic E-state index is -0.154. The van der Waals surface area contributed by atoms with Crippen molar-refractivity contribution in [1.29, 1.82) is 0 Å².